The molecular formula is C10H12ClN3O2. The number of rotatable bonds is 4. The minimum absolute atomic E-state index is 0.203. The molecule has 0 aliphatic rings. The summed E-state index contributed by atoms with van der Waals surface area (Å²) >= 11 is 5.81. The molecule has 0 aliphatic carbocycles. The zero-order valence-electron chi connectivity index (χ0n) is 8.50. The number of anilines is 1. The van der Waals surface area contributed by atoms with E-state index in [0.29, 0.717) is 5.69 Å². The summed E-state index contributed by atoms with van der Waals surface area (Å²) in [6.07, 6.45) is 0.231. The van der Waals surface area contributed by atoms with Gasteiger partial charge in [0, 0.05) is 18.7 Å². The molecule has 6 heteroatoms. The Labute approximate surface area is 97.7 Å². The van der Waals surface area contributed by atoms with Crippen molar-refractivity contribution in [3.8, 4) is 0 Å². The molecule has 86 valence electrons. The molecule has 0 atom stereocenters. The van der Waals surface area contributed by atoms with E-state index in [9.17, 15) is 9.59 Å². The van der Waals surface area contributed by atoms with Gasteiger partial charge in [0.25, 0.3) is 0 Å². The number of hydrogen-bond donors (Lipinski definition) is 3. The number of carbonyl (C=O) groups excluding carboxylic acids is 2. The van der Waals surface area contributed by atoms with Gasteiger partial charge in [-0.1, -0.05) is 11.6 Å². The molecule has 0 aromatic heterocycles. The number of nitrogens with two attached hydrogens (primary N) is 2. The van der Waals surface area contributed by atoms with Gasteiger partial charge in [0.2, 0.25) is 11.8 Å². The lowest BCUT2D eigenvalue weighted by molar-refractivity contribution is -0.116. The number of halogens is 1. The molecule has 5 N–H and O–H groups in total. The summed E-state index contributed by atoms with van der Waals surface area (Å²) in [5, 5.41) is 2.80. The Morgan fingerprint density at radius 2 is 2.06 bits per heavy atom. The Balaban J connectivity index is 2.81. The van der Waals surface area contributed by atoms with Gasteiger partial charge in [-0.3, -0.25) is 9.59 Å². The number of hydrogen-bond acceptors (Lipinski definition) is 3. The van der Waals surface area contributed by atoms with Crippen LogP contribution in [0.5, 0.6) is 0 Å². The van der Waals surface area contributed by atoms with E-state index in [2.05, 4.69) is 5.32 Å². The molecule has 0 bridgehead atoms. The monoisotopic (exact) mass is 241 g/mol. The molecular weight excluding hydrogens is 230 g/mol. The molecule has 1 rings (SSSR count). The molecule has 16 heavy (non-hydrogen) atoms. The van der Waals surface area contributed by atoms with Crippen LogP contribution in [0.1, 0.15) is 16.8 Å². The van der Waals surface area contributed by atoms with E-state index >= 15 is 0 Å². The van der Waals surface area contributed by atoms with E-state index in [0.717, 1.165) is 0 Å². The number of primary amides is 1. The van der Waals surface area contributed by atoms with Crippen LogP contribution in [0.2, 0.25) is 5.02 Å². The van der Waals surface area contributed by atoms with Crippen LogP contribution in [0.25, 0.3) is 0 Å². The molecule has 1 aromatic carbocycles. The lowest BCUT2D eigenvalue weighted by Crippen LogP contribution is -2.16. The quantitative estimate of drug-likeness (QED) is 0.725. The normalized spacial score (nSPS) is 9.88. The van der Waals surface area contributed by atoms with E-state index in [-0.39, 0.29) is 29.5 Å². The number of carbonyl (C=O) groups is 2. The topological polar surface area (TPSA) is 98.2 Å². The van der Waals surface area contributed by atoms with E-state index in [1.54, 1.807) is 6.07 Å². The summed E-state index contributed by atoms with van der Waals surface area (Å²) in [5.41, 5.74) is 11.0. The first-order valence-corrected chi connectivity index (χ1v) is 5.01. The maximum Gasteiger partial charge on any atom is 0.250 e. The highest BCUT2D eigenvalue weighted by Gasteiger charge is 2.08. The van der Waals surface area contributed by atoms with Crippen molar-refractivity contribution in [2.75, 3.05) is 11.9 Å². The molecule has 0 aliphatic heterocycles. The van der Waals surface area contributed by atoms with Gasteiger partial charge >= 0.3 is 0 Å². The first kappa shape index (κ1) is 12.5. The molecule has 0 saturated carbocycles. The average molecular weight is 242 g/mol. The third-order valence-corrected chi connectivity index (χ3v) is 2.20. The van der Waals surface area contributed by atoms with E-state index in [4.69, 9.17) is 23.1 Å². The predicted octanol–water partition coefficient (Wildman–Crippen LogP) is 0.726. The zero-order valence-corrected chi connectivity index (χ0v) is 9.25. The lowest BCUT2D eigenvalue weighted by atomic mass is 10.2. The molecule has 0 heterocycles. The summed E-state index contributed by atoms with van der Waals surface area (Å²) in [6.45, 7) is 0.277. The summed E-state index contributed by atoms with van der Waals surface area (Å²) in [6, 6.07) is 4.49. The highest BCUT2D eigenvalue weighted by atomic mass is 35.5. The van der Waals surface area contributed by atoms with Gasteiger partial charge in [-0.25, -0.2) is 0 Å². The summed E-state index contributed by atoms with van der Waals surface area (Å²) in [4.78, 5) is 22.1. The van der Waals surface area contributed by atoms with Crippen molar-refractivity contribution in [2.24, 2.45) is 11.5 Å². The van der Waals surface area contributed by atoms with Crippen LogP contribution in [-0.4, -0.2) is 18.4 Å². The highest BCUT2D eigenvalue weighted by Crippen LogP contribution is 2.20. The minimum atomic E-state index is -0.607. The van der Waals surface area contributed by atoms with E-state index < -0.39 is 5.91 Å². The second-order valence-corrected chi connectivity index (χ2v) is 3.55. The molecule has 0 radical (unpaired) electrons. The number of benzene rings is 1. The zero-order chi connectivity index (χ0) is 12.1. The first-order valence-electron chi connectivity index (χ1n) is 4.64. The molecule has 0 fully saturated rings. The van der Waals surface area contributed by atoms with Crippen LogP contribution >= 0.6 is 11.6 Å². The third-order valence-electron chi connectivity index (χ3n) is 1.89. The van der Waals surface area contributed by atoms with Gasteiger partial charge in [-0.05, 0) is 18.2 Å². The Kier molecular flexibility index (Phi) is 4.28. The van der Waals surface area contributed by atoms with Crippen molar-refractivity contribution >= 4 is 29.1 Å². The largest absolute Gasteiger partial charge is 0.366 e. The average Bonchev–Trinajstić information content (AvgIpc) is 2.17. The van der Waals surface area contributed by atoms with Gasteiger partial charge in [-0.2, -0.15) is 0 Å². The fourth-order valence-corrected chi connectivity index (χ4v) is 1.42. The van der Waals surface area contributed by atoms with Crippen LogP contribution in [0, 0.1) is 0 Å². The molecule has 0 saturated heterocycles. The standard InChI is InChI=1S/C10H12ClN3O2/c11-8-5-6(14-9(15)3-4-12)1-2-7(8)10(13)16/h1-2,5H,3-4,12H2,(H2,13,16)(H,14,15). The van der Waals surface area contributed by atoms with Crippen LogP contribution in [0.15, 0.2) is 18.2 Å². The van der Waals surface area contributed by atoms with Crippen molar-refractivity contribution in [3.63, 3.8) is 0 Å². The SMILES string of the molecule is NCCC(=O)Nc1ccc(C(N)=O)c(Cl)c1. The van der Waals surface area contributed by atoms with Gasteiger partial charge in [0.05, 0.1) is 10.6 Å². The predicted molar refractivity (Wildman–Crippen MR) is 62.3 cm³/mol. The van der Waals surface area contributed by atoms with Gasteiger partial charge in [0.1, 0.15) is 0 Å². The molecule has 1 aromatic rings. The van der Waals surface area contributed by atoms with Crippen molar-refractivity contribution < 1.29 is 9.59 Å². The number of amides is 2. The smallest absolute Gasteiger partial charge is 0.250 e. The van der Waals surface area contributed by atoms with Crippen LogP contribution in [-0.2, 0) is 4.79 Å². The van der Waals surface area contributed by atoms with Crippen molar-refractivity contribution in [1.29, 1.82) is 0 Å². The van der Waals surface area contributed by atoms with Crippen LogP contribution in [0.4, 0.5) is 5.69 Å². The molecule has 0 spiro atoms. The second kappa shape index (κ2) is 5.48. The van der Waals surface area contributed by atoms with E-state index in [1.807, 2.05) is 0 Å². The number of nitrogens with one attached hydrogen (secondary N) is 1. The fourth-order valence-electron chi connectivity index (χ4n) is 1.15. The summed E-state index contributed by atoms with van der Waals surface area (Å²) < 4.78 is 0. The Morgan fingerprint density at radius 3 is 2.56 bits per heavy atom. The van der Waals surface area contributed by atoms with Crippen LogP contribution < -0.4 is 16.8 Å². The van der Waals surface area contributed by atoms with Gasteiger partial charge < -0.3 is 16.8 Å². The molecule has 2 amide bonds. The lowest BCUT2D eigenvalue weighted by Gasteiger charge is -2.06. The van der Waals surface area contributed by atoms with E-state index in [1.165, 1.54) is 12.1 Å². The third kappa shape index (κ3) is 3.22. The van der Waals surface area contributed by atoms with Crippen molar-refractivity contribution in [1.82, 2.24) is 0 Å². The summed E-state index contributed by atoms with van der Waals surface area (Å²) in [7, 11) is 0. The first-order chi connectivity index (χ1) is 7.54. The second-order valence-electron chi connectivity index (χ2n) is 3.15. The van der Waals surface area contributed by atoms with Crippen molar-refractivity contribution in [2.45, 2.75) is 6.42 Å². The Hall–Kier alpha value is -1.59. The van der Waals surface area contributed by atoms with Crippen molar-refractivity contribution in [3.05, 3.63) is 28.8 Å². The Bertz CT molecular complexity index is 421. The van der Waals surface area contributed by atoms with Gasteiger partial charge in [0.15, 0.2) is 0 Å². The molecule has 0 unspecified atom stereocenters. The summed E-state index contributed by atoms with van der Waals surface area (Å²) in [5.74, 6) is -0.810. The van der Waals surface area contributed by atoms with Gasteiger partial charge in [-0.15, -0.1) is 0 Å². The van der Waals surface area contributed by atoms with Crippen LogP contribution in [0.3, 0.4) is 0 Å². The molecule has 5 nitrogen and oxygen atoms in total. The minimum Gasteiger partial charge on any atom is -0.366 e. The fraction of sp³-hybridized carbons (Fsp3) is 0.200. The Morgan fingerprint density at radius 1 is 1.38 bits per heavy atom. The maximum absolute atomic E-state index is 11.2. The maximum atomic E-state index is 11.2. The highest BCUT2D eigenvalue weighted by molar-refractivity contribution is 6.34.